The Labute approximate surface area is 172 Å². The van der Waals surface area contributed by atoms with E-state index in [9.17, 15) is 4.79 Å². The number of carbonyl (C=O) groups is 1. The monoisotopic (exact) mass is 469 g/mol. The van der Waals surface area contributed by atoms with E-state index in [0.717, 1.165) is 45.6 Å². The first-order valence-electron chi connectivity index (χ1n) is 9.82. The van der Waals surface area contributed by atoms with Crippen LogP contribution in [0.25, 0.3) is 0 Å². The predicted octanol–water partition coefficient (Wildman–Crippen LogP) is 3.76. The Balaban J connectivity index is 1.61. The Bertz CT molecular complexity index is 625. The lowest BCUT2D eigenvalue weighted by Crippen LogP contribution is -2.62. The van der Waals surface area contributed by atoms with E-state index >= 15 is 0 Å². The highest BCUT2D eigenvalue weighted by Crippen LogP contribution is 2.33. The van der Waals surface area contributed by atoms with Gasteiger partial charge in [0, 0.05) is 60.8 Å². The summed E-state index contributed by atoms with van der Waals surface area (Å²) in [6.45, 7) is 13.9. The predicted molar refractivity (Wildman–Crippen MR) is 115 cm³/mol. The van der Waals surface area contributed by atoms with Crippen LogP contribution in [0.2, 0.25) is 0 Å². The van der Waals surface area contributed by atoms with Crippen molar-refractivity contribution in [2.24, 2.45) is 0 Å². The van der Waals surface area contributed by atoms with Crippen molar-refractivity contribution in [2.45, 2.75) is 58.2 Å². The molecular weight excluding hydrogens is 437 g/mol. The van der Waals surface area contributed by atoms with E-state index in [0.29, 0.717) is 12.1 Å². The van der Waals surface area contributed by atoms with Gasteiger partial charge >= 0.3 is 0 Å². The molecule has 2 atom stereocenters. The first-order chi connectivity index (χ1) is 12.3. The number of piperidine rings is 1. The fourth-order valence-electron chi connectivity index (χ4n) is 4.59. The van der Waals surface area contributed by atoms with Crippen LogP contribution in [-0.4, -0.2) is 64.9 Å². The molecule has 3 rings (SSSR count). The zero-order chi connectivity index (χ0) is 18.9. The molecule has 2 saturated heterocycles. The van der Waals surface area contributed by atoms with Crippen molar-refractivity contribution >= 4 is 28.5 Å². The van der Waals surface area contributed by atoms with Crippen LogP contribution in [0.5, 0.6) is 0 Å². The maximum atomic E-state index is 11.6. The van der Waals surface area contributed by atoms with Crippen LogP contribution in [0, 0.1) is 3.57 Å². The first kappa shape index (κ1) is 20.1. The first-order valence-corrected chi connectivity index (χ1v) is 10.9. The molecular formula is C21H32IN3O. The van der Waals surface area contributed by atoms with Crippen LogP contribution < -0.4 is 0 Å². The summed E-state index contributed by atoms with van der Waals surface area (Å²) in [6, 6.07) is 9.94. The number of amides is 1. The average molecular weight is 469 g/mol. The summed E-state index contributed by atoms with van der Waals surface area (Å²) in [5.41, 5.74) is 1.64. The second-order valence-corrected chi connectivity index (χ2v) is 9.51. The van der Waals surface area contributed by atoms with Crippen LogP contribution >= 0.6 is 22.6 Å². The number of nitrogens with zero attached hydrogens (tertiary/aromatic N) is 3. The molecule has 2 aliphatic heterocycles. The fourth-order valence-corrected chi connectivity index (χ4v) is 4.95. The smallest absolute Gasteiger partial charge is 0.219 e. The molecule has 1 aromatic carbocycles. The number of rotatable bonds is 3. The van der Waals surface area contributed by atoms with Crippen molar-refractivity contribution in [3.63, 3.8) is 0 Å². The van der Waals surface area contributed by atoms with Crippen molar-refractivity contribution in [1.82, 2.24) is 14.7 Å². The summed E-state index contributed by atoms with van der Waals surface area (Å²) >= 11 is 2.37. The quantitative estimate of drug-likeness (QED) is 0.631. The summed E-state index contributed by atoms with van der Waals surface area (Å²) in [5, 5.41) is 0. The minimum Gasteiger partial charge on any atom is -0.343 e. The lowest BCUT2D eigenvalue weighted by Gasteiger charge is -2.52. The molecule has 5 heteroatoms. The highest BCUT2D eigenvalue weighted by Gasteiger charge is 2.40. The SMILES string of the molecule is CC(=O)N1CCC(C)(N2CCN([C@@H](C)c3ccc(I)cc3)[C@@H](C)C2)CC1. The molecule has 0 unspecified atom stereocenters. The number of likely N-dealkylation sites (tertiary alicyclic amines) is 1. The standard InChI is InChI=1S/C21H32IN3O/c1-16-15-24(21(4)9-11-23(12-10-21)18(3)26)13-14-25(16)17(2)19-5-7-20(22)8-6-19/h5-8,16-17H,9-15H2,1-4H3/t16-,17-/m0/s1. The number of piperazine rings is 1. The average Bonchev–Trinajstić information content (AvgIpc) is 2.62. The molecule has 0 N–H and O–H groups in total. The molecule has 1 amide bonds. The van der Waals surface area contributed by atoms with Crippen molar-refractivity contribution in [3.8, 4) is 0 Å². The third-order valence-corrected chi connectivity index (χ3v) is 7.30. The van der Waals surface area contributed by atoms with E-state index in [4.69, 9.17) is 0 Å². The van der Waals surface area contributed by atoms with Crippen molar-refractivity contribution < 1.29 is 4.79 Å². The molecule has 2 heterocycles. The largest absolute Gasteiger partial charge is 0.343 e. The Morgan fingerprint density at radius 1 is 1.15 bits per heavy atom. The van der Waals surface area contributed by atoms with Crippen LogP contribution in [0.15, 0.2) is 24.3 Å². The topological polar surface area (TPSA) is 26.8 Å². The molecule has 1 aromatic rings. The van der Waals surface area contributed by atoms with Crippen LogP contribution in [0.3, 0.4) is 0 Å². The third kappa shape index (κ3) is 4.25. The van der Waals surface area contributed by atoms with Gasteiger partial charge in [0.2, 0.25) is 5.91 Å². The molecule has 0 aromatic heterocycles. The Hall–Kier alpha value is -0.660. The van der Waals surface area contributed by atoms with E-state index < -0.39 is 0 Å². The van der Waals surface area contributed by atoms with Gasteiger partial charge in [0.15, 0.2) is 0 Å². The molecule has 26 heavy (non-hydrogen) atoms. The molecule has 0 spiro atoms. The number of carbonyl (C=O) groups excluding carboxylic acids is 1. The summed E-state index contributed by atoms with van der Waals surface area (Å²) in [6.07, 6.45) is 2.18. The van der Waals surface area contributed by atoms with Gasteiger partial charge in [-0.2, -0.15) is 0 Å². The zero-order valence-corrected chi connectivity index (χ0v) is 18.7. The molecule has 2 fully saturated rings. The van der Waals surface area contributed by atoms with E-state index in [1.54, 1.807) is 6.92 Å². The minimum atomic E-state index is 0.219. The summed E-state index contributed by atoms with van der Waals surface area (Å²) in [7, 11) is 0. The number of hydrogen-bond acceptors (Lipinski definition) is 3. The third-order valence-electron chi connectivity index (χ3n) is 6.58. The van der Waals surface area contributed by atoms with E-state index in [1.165, 1.54) is 9.13 Å². The summed E-state index contributed by atoms with van der Waals surface area (Å²) < 4.78 is 1.29. The summed E-state index contributed by atoms with van der Waals surface area (Å²) in [5.74, 6) is 0.219. The van der Waals surface area contributed by atoms with Gasteiger partial charge in [-0.15, -0.1) is 0 Å². The van der Waals surface area contributed by atoms with Gasteiger partial charge in [0.25, 0.3) is 0 Å². The molecule has 4 nitrogen and oxygen atoms in total. The van der Waals surface area contributed by atoms with Crippen molar-refractivity contribution in [2.75, 3.05) is 32.7 Å². The zero-order valence-electron chi connectivity index (χ0n) is 16.5. The number of benzene rings is 1. The maximum Gasteiger partial charge on any atom is 0.219 e. The van der Waals surface area contributed by atoms with Gasteiger partial charge in [-0.05, 0) is 73.9 Å². The second kappa shape index (κ2) is 8.15. The number of halogens is 1. The Morgan fingerprint density at radius 2 is 1.77 bits per heavy atom. The normalized spacial score (nSPS) is 25.9. The minimum absolute atomic E-state index is 0.219. The van der Waals surface area contributed by atoms with Gasteiger partial charge < -0.3 is 4.90 Å². The van der Waals surface area contributed by atoms with E-state index in [-0.39, 0.29) is 11.4 Å². The van der Waals surface area contributed by atoms with Gasteiger partial charge in [-0.1, -0.05) is 12.1 Å². The van der Waals surface area contributed by atoms with Gasteiger partial charge in [-0.25, -0.2) is 0 Å². The molecule has 0 saturated carbocycles. The lowest BCUT2D eigenvalue weighted by atomic mass is 9.86. The Kier molecular flexibility index (Phi) is 6.29. The van der Waals surface area contributed by atoms with Gasteiger partial charge in [0.1, 0.15) is 0 Å². The maximum absolute atomic E-state index is 11.6. The summed E-state index contributed by atoms with van der Waals surface area (Å²) in [4.78, 5) is 18.9. The molecule has 2 aliphatic rings. The van der Waals surface area contributed by atoms with Crippen molar-refractivity contribution in [3.05, 3.63) is 33.4 Å². The van der Waals surface area contributed by atoms with Crippen LogP contribution in [0.1, 0.15) is 52.1 Å². The molecule has 144 valence electrons. The highest BCUT2D eigenvalue weighted by molar-refractivity contribution is 14.1. The molecule has 0 radical (unpaired) electrons. The van der Waals surface area contributed by atoms with Crippen LogP contribution in [-0.2, 0) is 4.79 Å². The van der Waals surface area contributed by atoms with E-state index in [2.05, 4.69) is 77.4 Å². The highest BCUT2D eigenvalue weighted by atomic mass is 127. The van der Waals surface area contributed by atoms with Gasteiger partial charge in [-0.3, -0.25) is 14.6 Å². The molecule has 0 bridgehead atoms. The Morgan fingerprint density at radius 3 is 2.31 bits per heavy atom. The lowest BCUT2D eigenvalue weighted by molar-refractivity contribution is -0.132. The van der Waals surface area contributed by atoms with Crippen molar-refractivity contribution in [1.29, 1.82) is 0 Å². The number of hydrogen-bond donors (Lipinski definition) is 0. The second-order valence-electron chi connectivity index (χ2n) is 8.26. The van der Waals surface area contributed by atoms with E-state index in [1.807, 2.05) is 4.90 Å². The fraction of sp³-hybridized carbons (Fsp3) is 0.667. The van der Waals surface area contributed by atoms with Gasteiger partial charge in [0.05, 0.1) is 0 Å². The van der Waals surface area contributed by atoms with Crippen LogP contribution in [0.4, 0.5) is 0 Å². The molecule has 0 aliphatic carbocycles.